The van der Waals surface area contributed by atoms with E-state index in [1.165, 1.54) is 19.4 Å². The molecule has 2 aromatic rings. The lowest BCUT2D eigenvalue weighted by atomic mass is 10.1. The van der Waals surface area contributed by atoms with Crippen LogP contribution in [0, 0.1) is 5.92 Å². The number of primary amides is 1. The molecule has 0 saturated heterocycles. The molecule has 1 amide bonds. The van der Waals surface area contributed by atoms with Crippen LogP contribution in [-0.4, -0.2) is 29.4 Å². The first-order valence-electron chi connectivity index (χ1n) is 7.15. The lowest BCUT2D eigenvalue weighted by Gasteiger charge is -2.14. The smallest absolute Gasteiger partial charge is 0.248 e. The summed E-state index contributed by atoms with van der Waals surface area (Å²) in [5, 5.41) is 3.10. The van der Waals surface area contributed by atoms with Crippen molar-refractivity contribution in [2.75, 3.05) is 13.6 Å². The van der Waals surface area contributed by atoms with Crippen molar-refractivity contribution in [1.82, 2.24) is 9.88 Å². The number of rotatable bonds is 6. The molecule has 0 bridgehead atoms. The van der Waals surface area contributed by atoms with Gasteiger partial charge in [-0.15, -0.1) is 11.3 Å². The first-order valence-corrected chi connectivity index (χ1v) is 8.03. The van der Waals surface area contributed by atoms with Gasteiger partial charge in [-0.2, -0.15) is 0 Å². The largest absolute Gasteiger partial charge is 0.366 e. The third-order valence-corrected chi connectivity index (χ3v) is 4.61. The summed E-state index contributed by atoms with van der Waals surface area (Å²) in [6.45, 7) is 2.06. The molecule has 5 heteroatoms. The monoisotopic (exact) mass is 301 g/mol. The minimum absolute atomic E-state index is 0.400. The summed E-state index contributed by atoms with van der Waals surface area (Å²) in [6, 6.07) is 7.29. The Kier molecular flexibility index (Phi) is 4.03. The highest BCUT2D eigenvalue weighted by Crippen LogP contribution is 2.30. The molecule has 1 saturated carbocycles. The van der Waals surface area contributed by atoms with Gasteiger partial charge in [0.05, 0.1) is 5.69 Å². The number of nitrogens with zero attached hydrogens (tertiary/aromatic N) is 2. The molecule has 1 aromatic heterocycles. The van der Waals surface area contributed by atoms with E-state index < -0.39 is 5.91 Å². The molecule has 1 heterocycles. The summed E-state index contributed by atoms with van der Waals surface area (Å²) in [7, 11) is 2.15. The second kappa shape index (κ2) is 5.95. The van der Waals surface area contributed by atoms with E-state index in [9.17, 15) is 4.79 Å². The summed E-state index contributed by atoms with van der Waals surface area (Å²) >= 11 is 1.64. The Balaban J connectivity index is 1.67. The lowest BCUT2D eigenvalue weighted by molar-refractivity contribution is 0.100. The van der Waals surface area contributed by atoms with Crippen LogP contribution in [-0.2, 0) is 6.54 Å². The molecule has 1 aliphatic carbocycles. The van der Waals surface area contributed by atoms with Gasteiger partial charge in [-0.25, -0.2) is 4.98 Å². The Morgan fingerprint density at radius 2 is 2.10 bits per heavy atom. The number of carbonyl (C=O) groups is 1. The lowest BCUT2D eigenvalue weighted by Crippen LogP contribution is -2.20. The van der Waals surface area contributed by atoms with Gasteiger partial charge in [0.15, 0.2) is 0 Å². The molecule has 1 aliphatic rings. The maximum absolute atomic E-state index is 11.1. The van der Waals surface area contributed by atoms with Crippen molar-refractivity contribution in [2.24, 2.45) is 11.7 Å². The van der Waals surface area contributed by atoms with Gasteiger partial charge in [0.2, 0.25) is 5.91 Å². The van der Waals surface area contributed by atoms with E-state index >= 15 is 0 Å². The van der Waals surface area contributed by atoms with Crippen LogP contribution in [0.1, 0.15) is 28.9 Å². The molecule has 110 valence electrons. The highest BCUT2D eigenvalue weighted by atomic mass is 32.1. The fraction of sp³-hybridized carbons (Fsp3) is 0.375. The Morgan fingerprint density at radius 1 is 1.38 bits per heavy atom. The van der Waals surface area contributed by atoms with Crippen LogP contribution in [0.4, 0.5) is 0 Å². The normalized spacial score (nSPS) is 14.6. The predicted molar refractivity (Wildman–Crippen MR) is 85.1 cm³/mol. The number of carbonyl (C=O) groups excluding carboxylic acids is 1. The van der Waals surface area contributed by atoms with Crippen molar-refractivity contribution in [2.45, 2.75) is 19.4 Å². The quantitative estimate of drug-likeness (QED) is 0.892. The molecule has 4 nitrogen and oxygen atoms in total. The number of amides is 1. The molecule has 3 rings (SSSR count). The van der Waals surface area contributed by atoms with Crippen molar-refractivity contribution in [3.05, 3.63) is 40.9 Å². The highest BCUT2D eigenvalue weighted by molar-refractivity contribution is 7.13. The van der Waals surface area contributed by atoms with Gasteiger partial charge in [0.1, 0.15) is 5.01 Å². The van der Waals surface area contributed by atoms with Crippen LogP contribution >= 0.6 is 11.3 Å². The Hall–Kier alpha value is -1.72. The number of benzene rings is 1. The van der Waals surface area contributed by atoms with Crippen molar-refractivity contribution in [3.8, 4) is 10.6 Å². The van der Waals surface area contributed by atoms with Gasteiger partial charge >= 0.3 is 0 Å². The third kappa shape index (κ3) is 3.68. The van der Waals surface area contributed by atoms with E-state index in [1.54, 1.807) is 23.5 Å². The number of aromatic nitrogens is 1. The van der Waals surface area contributed by atoms with E-state index in [-0.39, 0.29) is 0 Å². The third-order valence-electron chi connectivity index (χ3n) is 3.67. The van der Waals surface area contributed by atoms with E-state index in [1.807, 2.05) is 12.1 Å². The van der Waals surface area contributed by atoms with Crippen LogP contribution in [0.25, 0.3) is 10.6 Å². The fourth-order valence-corrected chi connectivity index (χ4v) is 3.19. The van der Waals surface area contributed by atoms with E-state index in [0.717, 1.165) is 28.7 Å². The molecule has 1 fully saturated rings. The molecule has 1 aromatic carbocycles. The van der Waals surface area contributed by atoms with Crippen LogP contribution < -0.4 is 5.73 Å². The van der Waals surface area contributed by atoms with Gasteiger partial charge < -0.3 is 10.6 Å². The van der Waals surface area contributed by atoms with Gasteiger partial charge in [0.25, 0.3) is 0 Å². The number of hydrogen-bond donors (Lipinski definition) is 1. The van der Waals surface area contributed by atoms with E-state index in [0.29, 0.717) is 5.56 Å². The Morgan fingerprint density at radius 3 is 2.71 bits per heavy atom. The van der Waals surface area contributed by atoms with Gasteiger partial charge in [-0.1, -0.05) is 12.1 Å². The molecular weight excluding hydrogens is 282 g/mol. The Bertz CT molecular complexity index is 631. The summed E-state index contributed by atoms with van der Waals surface area (Å²) < 4.78 is 0. The van der Waals surface area contributed by atoms with E-state index in [2.05, 4.69) is 22.3 Å². The van der Waals surface area contributed by atoms with Crippen molar-refractivity contribution in [3.63, 3.8) is 0 Å². The van der Waals surface area contributed by atoms with Crippen molar-refractivity contribution in [1.29, 1.82) is 0 Å². The standard InChI is InChI=1S/C16H19N3OS/c1-19(8-11-2-3-11)9-14-10-21-16(18-14)13-6-4-12(5-7-13)15(17)20/h4-7,10-11H,2-3,8-9H2,1H3,(H2,17,20). The van der Waals surface area contributed by atoms with Crippen LogP contribution in [0.15, 0.2) is 29.6 Å². The molecule has 0 aliphatic heterocycles. The van der Waals surface area contributed by atoms with Crippen molar-refractivity contribution < 1.29 is 4.79 Å². The zero-order valence-corrected chi connectivity index (χ0v) is 12.9. The first kappa shape index (κ1) is 14.2. The minimum atomic E-state index is -0.400. The minimum Gasteiger partial charge on any atom is -0.366 e. The maximum Gasteiger partial charge on any atom is 0.248 e. The fourth-order valence-electron chi connectivity index (χ4n) is 2.37. The van der Waals surface area contributed by atoms with E-state index in [4.69, 9.17) is 5.73 Å². The van der Waals surface area contributed by atoms with Gasteiger partial charge in [-0.05, 0) is 37.9 Å². The molecule has 2 N–H and O–H groups in total. The summed E-state index contributed by atoms with van der Waals surface area (Å²) in [5.74, 6) is 0.498. The predicted octanol–water partition coefficient (Wildman–Crippen LogP) is 2.75. The van der Waals surface area contributed by atoms with Crippen LogP contribution in [0.5, 0.6) is 0 Å². The number of thiazole rings is 1. The molecule has 0 radical (unpaired) electrons. The van der Waals surface area contributed by atoms with Crippen molar-refractivity contribution >= 4 is 17.2 Å². The van der Waals surface area contributed by atoms with Crippen LogP contribution in [0.3, 0.4) is 0 Å². The molecule has 21 heavy (non-hydrogen) atoms. The second-order valence-corrected chi connectivity index (χ2v) is 6.58. The summed E-state index contributed by atoms with van der Waals surface area (Å²) in [6.07, 6.45) is 2.75. The zero-order chi connectivity index (χ0) is 14.8. The maximum atomic E-state index is 11.1. The average molecular weight is 301 g/mol. The Labute approximate surface area is 128 Å². The number of hydrogen-bond acceptors (Lipinski definition) is 4. The molecule has 0 unspecified atom stereocenters. The number of nitrogens with two attached hydrogens (primary N) is 1. The van der Waals surface area contributed by atoms with Crippen LogP contribution in [0.2, 0.25) is 0 Å². The zero-order valence-electron chi connectivity index (χ0n) is 12.1. The SMILES string of the molecule is CN(Cc1csc(-c2ccc(C(N)=O)cc2)n1)CC1CC1. The molecular formula is C16H19N3OS. The van der Waals surface area contributed by atoms with Gasteiger partial charge in [0, 0.05) is 29.6 Å². The summed E-state index contributed by atoms with van der Waals surface area (Å²) in [5.41, 5.74) is 7.91. The first-order chi connectivity index (χ1) is 10.1. The van der Waals surface area contributed by atoms with Gasteiger partial charge in [-0.3, -0.25) is 4.79 Å². The molecule has 0 atom stereocenters. The second-order valence-electron chi connectivity index (χ2n) is 5.73. The highest BCUT2D eigenvalue weighted by Gasteiger charge is 2.23. The average Bonchev–Trinajstić information content (AvgIpc) is 3.15. The topological polar surface area (TPSA) is 59.2 Å². The summed E-state index contributed by atoms with van der Waals surface area (Å²) in [4.78, 5) is 18.1. The molecule has 0 spiro atoms.